The monoisotopic (exact) mass is 386 g/mol. The van der Waals surface area contributed by atoms with Gasteiger partial charge in [0.15, 0.2) is 5.82 Å². The number of methoxy groups -OCH3 is 1. The van der Waals surface area contributed by atoms with Gasteiger partial charge in [0.25, 0.3) is 0 Å². The van der Waals surface area contributed by atoms with Gasteiger partial charge in [-0.1, -0.05) is 6.07 Å². The zero-order valence-corrected chi connectivity index (χ0v) is 14.5. The van der Waals surface area contributed by atoms with E-state index in [2.05, 4.69) is 15.0 Å². The van der Waals surface area contributed by atoms with Crippen LogP contribution in [0.5, 0.6) is 11.6 Å². The number of hydrogen-bond acceptors (Lipinski definition) is 5. The van der Waals surface area contributed by atoms with Crippen molar-refractivity contribution < 1.29 is 23.0 Å². The number of phenolic OH excluding ortho intramolecular Hbond substituents is 1. The number of halogens is 3. The Morgan fingerprint density at radius 1 is 1.07 bits per heavy atom. The van der Waals surface area contributed by atoms with Gasteiger partial charge in [0, 0.05) is 18.3 Å². The van der Waals surface area contributed by atoms with Crippen LogP contribution >= 0.6 is 0 Å². The maximum absolute atomic E-state index is 13.2. The lowest BCUT2D eigenvalue weighted by Gasteiger charge is -2.11. The number of benzene rings is 1. The van der Waals surface area contributed by atoms with Crippen molar-refractivity contribution in [1.82, 2.24) is 19.5 Å². The van der Waals surface area contributed by atoms with E-state index >= 15 is 0 Å². The molecule has 0 fully saturated rings. The summed E-state index contributed by atoms with van der Waals surface area (Å²) in [5.41, 5.74) is 0.204. The molecular formula is C19H13F3N4O2. The minimum absolute atomic E-state index is 0.0709. The molecule has 6 nitrogen and oxygen atoms in total. The highest BCUT2D eigenvalue weighted by molar-refractivity contribution is 5.85. The highest BCUT2D eigenvalue weighted by Crippen LogP contribution is 2.39. The summed E-state index contributed by atoms with van der Waals surface area (Å²) in [5, 5.41) is 9.97. The molecule has 0 bridgehead atoms. The topological polar surface area (TPSA) is 73.1 Å². The molecule has 0 spiro atoms. The molecule has 9 heteroatoms. The molecular weight excluding hydrogens is 373 g/mol. The Morgan fingerprint density at radius 3 is 2.50 bits per heavy atom. The smallest absolute Gasteiger partial charge is 0.420 e. The molecule has 142 valence electrons. The summed E-state index contributed by atoms with van der Waals surface area (Å²) in [6, 6.07) is 10.3. The minimum Gasteiger partial charge on any atom is -0.507 e. The van der Waals surface area contributed by atoms with Crippen LogP contribution in [0.15, 0.2) is 54.9 Å². The van der Waals surface area contributed by atoms with Gasteiger partial charge in [-0.2, -0.15) is 13.2 Å². The number of fused-ring (bicyclic) bond motifs is 1. The van der Waals surface area contributed by atoms with E-state index in [9.17, 15) is 18.3 Å². The second-order valence-electron chi connectivity index (χ2n) is 5.90. The first-order valence-corrected chi connectivity index (χ1v) is 8.13. The van der Waals surface area contributed by atoms with Crippen LogP contribution < -0.4 is 4.74 Å². The van der Waals surface area contributed by atoms with Crippen LogP contribution in [0.3, 0.4) is 0 Å². The van der Waals surface area contributed by atoms with E-state index in [1.165, 1.54) is 13.3 Å². The van der Waals surface area contributed by atoms with Crippen molar-refractivity contribution in [2.75, 3.05) is 7.11 Å². The summed E-state index contributed by atoms with van der Waals surface area (Å²) < 4.78 is 46.2. The fourth-order valence-electron chi connectivity index (χ4n) is 2.89. The second-order valence-corrected chi connectivity index (χ2v) is 5.90. The van der Waals surface area contributed by atoms with Crippen molar-refractivity contribution >= 4 is 11.0 Å². The molecule has 0 aliphatic carbocycles. The molecule has 3 aromatic heterocycles. The maximum atomic E-state index is 13.2. The fourth-order valence-corrected chi connectivity index (χ4v) is 2.89. The van der Waals surface area contributed by atoms with Crippen molar-refractivity contribution in [3.8, 4) is 28.8 Å². The number of aromatic hydroxyl groups is 1. The van der Waals surface area contributed by atoms with Gasteiger partial charge in [-0.25, -0.2) is 9.97 Å². The van der Waals surface area contributed by atoms with Crippen LogP contribution in [0.4, 0.5) is 13.2 Å². The van der Waals surface area contributed by atoms with Crippen LogP contribution in [0.1, 0.15) is 5.56 Å². The molecule has 0 radical (unpaired) electrons. The third-order valence-electron chi connectivity index (χ3n) is 4.16. The average Bonchev–Trinajstić information content (AvgIpc) is 3.05. The summed E-state index contributed by atoms with van der Waals surface area (Å²) in [4.78, 5) is 12.7. The number of alkyl halides is 3. The first-order valence-electron chi connectivity index (χ1n) is 8.13. The number of nitrogens with zero attached hydrogens (tertiary/aromatic N) is 4. The quantitative estimate of drug-likeness (QED) is 0.571. The molecule has 1 N–H and O–H groups in total. The maximum Gasteiger partial charge on any atom is 0.420 e. The van der Waals surface area contributed by atoms with E-state index in [4.69, 9.17) is 4.74 Å². The Balaban J connectivity index is 2.02. The number of aromatic nitrogens is 4. The van der Waals surface area contributed by atoms with Gasteiger partial charge in [-0.05, 0) is 24.3 Å². The molecule has 0 aliphatic rings. The molecule has 28 heavy (non-hydrogen) atoms. The molecule has 0 atom stereocenters. The summed E-state index contributed by atoms with van der Waals surface area (Å²) in [7, 11) is 1.48. The van der Waals surface area contributed by atoms with Crippen molar-refractivity contribution in [3.63, 3.8) is 0 Å². The van der Waals surface area contributed by atoms with Gasteiger partial charge in [-0.3, -0.25) is 9.55 Å². The second kappa shape index (κ2) is 6.52. The van der Waals surface area contributed by atoms with E-state index in [-0.39, 0.29) is 11.0 Å². The molecule has 0 saturated heterocycles. The van der Waals surface area contributed by atoms with Gasteiger partial charge in [0.2, 0.25) is 5.88 Å². The van der Waals surface area contributed by atoms with Gasteiger partial charge in [-0.15, -0.1) is 0 Å². The Labute approximate surface area is 156 Å². The van der Waals surface area contributed by atoms with Crippen molar-refractivity contribution in [2.45, 2.75) is 6.18 Å². The van der Waals surface area contributed by atoms with Gasteiger partial charge in [0.05, 0.1) is 35.6 Å². The van der Waals surface area contributed by atoms with Crippen LogP contribution in [0.25, 0.3) is 28.2 Å². The zero-order valence-electron chi connectivity index (χ0n) is 14.5. The van der Waals surface area contributed by atoms with E-state index in [1.807, 2.05) is 0 Å². The predicted molar refractivity (Wildman–Crippen MR) is 95.3 cm³/mol. The first kappa shape index (κ1) is 17.8. The molecule has 0 saturated carbocycles. The van der Waals surface area contributed by atoms with Gasteiger partial charge < -0.3 is 9.84 Å². The van der Waals surface area contributed by atoms with Gasteiger partial charge in [0.1, 0.15) is 11.4 Å². The lowest BCUT2D eigenvalue weighted by atomic mass is 10.1. The third kappa shape index (κ3) is 3.00. The summed E-state index contributed by atoms with van der Waals surface area (Å²) in [6.07, 6.45) is -1.64. The van der Waals surface area contributed by atoms with E-state index in [1.54, 1.807) is 41.1 Å². The lowest BCUT2D eigenvalue weighted by Crippen LogP contribution is -2.05. The minimum atomic E-state index is -4.70. The molecule has 1 aromatic carbocycles. The SMILES string of the molecule is COc1ccc(-n2c(-c3ccccn3)nc3cc(C(F)(F)F)c(O)cc32)cn1. The van der Waals surface area contributed by atoms with Crippen LogP contribution in [-0.4, -0.2) is 31.7 Å². The number of pyridine rings is 2. The number of ether oxygens (including phenoxy) is 1. The summed E-state index contributed by atoms with van der Waals surface area (Å²) in [6.45, 7) is 0. The van der Waals surface area contributed by atoms with Crippen molar-refractivity contribution in [3.05, 3.63) is 60.4 Å². The number of phenols is 1. The number of rotatable bonds is 3. The molecule has 0 unspecified atom stereocenters. The number of hydrogen-bond donors (Lipinski definition) is 1. The normalized spacial score (nSPS) is 11.7. The molecule has 0 aliphatic heterocycles. The number of imidazole rings is 1. The summed E-state index contributed by atoms with van der Waals surface area (Å²) >= 11 is 0. The molecule has 4 aromatic rings. The zero-order chi connectivity index (χ0) is 19.9. The lowest BCUT2D eigenvalue weighted by molar-refractivity contribution is -0.138. The van der Waals surface area contributed by atoms with Crippen molar-refractivity contribution in [2.24, 2.45) is 0 Å². The average molecular weight is 386 g/mol. The fraction of sp³-hybridized carbons (Fsp3) is 0.105. The Kier molecular flexibility index (Phi) is 4.14. The molecule has 3 heterocycles. The van der Waals surface area contributed by atoms with E-state index in [0.717, 1.165) is 12.1 Å². The Bertz CT molecular complexity index is 1140. The highest BCUT2D eigenvalue weighted by Gasteiger charge is 2.35. The van der Waals surface area contributed by atoms with Crippen molar-refractivity contribution in [1.29, 1.82) is 0 Å². The standard InChI is InChI=1S/C19H13F3N4O2/c1-28-17-6-5-11(10-24-17)26-15-9-16(27)12(19(20,21)22)8-14(15)25-18(26)13-4-2-3-7-23-13/h2-10,27H,1H3. The van der Waals surface area contributed by atoms with Crippen LogP contribution in [0, 0.1) is 0 Å². The van der Waals surface area contributed by atoms with Crippen LogP contribution in [-0.2, 0) is 6.18 Å². The van der Waals surface area contributed by atoms with Gasteiger partial charge >= 0.3 is 6.18 Å². The van der Waals surface area contributed by atoms with E-state index < -0.39 is 17.5 Å². The predicted octanol–water partition coefficient (Wildman–Crippen LogP) is 4.22. The Hall–Kier alpha value is -3.62. The highest BCUT2D eigenvalue weighted by atomic mass is 19.4. The van der Waals surface area contributed by atoms with Crippen LogP contribution in [0.2, 0.25) is 0 Å². The van der Waals surface area contributed by atoms with E-state index in [0.29, 0.717) is 23.1 Å². The third-order valence-corrected chi connectivity index (χ3v) is 4.16. The summed E-state index contributed by atoms with van der Waals surface area (Å²) in [5.74, 6) is -0.175. The first-order chi connectivity index (χ1) is 13.4. The molecule has 0 amide bonds. The molecule has 4 rings (SSSR count). The largest absolute Gasteiger partial charge is 0.507 e. The Morgan fingerprint density at radius 2 is 1.89 bits per heavy atom.